The molecule has 0 unspecified atom stereocenters. The van der Waals surface area contributed by atoms with Gasteiger partial charge in [-0.25, -0.2) is 0 Å². The minimum atomic E-state index is 0.0459. The molecule has 4 heterocycles. The van der Waals surface area contributed by atoms with Gasteiger partial charge in [-0.3, -0.25) is 10.8 Å². The summed E-state index contributed by atoms with van der Waals surface area (Å²) in [5, 5.41) is 15.0. The van der Waals surface area contributed by atoms with Gasteiger partial charge in [0.1, 0.15) is 23.2 Å². The minimum Gasteiger partial charge on any atom is -0.452 e. The number of rotatable bonds is 5. The summed E-state index contributed by atoms with van der Waals surface area (Å²) in [7, 11) is 0. The third-order valence-corrected chi connectivity index (χ3v) is 5.95. The van der Waals surface area contributed by atoms with Crippen molar-refractivity contribution in [2.24, 2.45) is 11.5 Å². The molecule has 26 heavy (non-hydrogen) atoms. The second kappa shape index (κ2) is 6.32. The van der Waals surface area contributed by atoms with Crippen LogP contribution in [0.3, 0.4) is 0 Å². The summed E-state index contributed by atoms with van der Waals surface area (Å²) >= 11 is 2.81. The van der Waals surface area contributed by atoms with Crippen LogP contribution < -0.4 is 11.5 Å². The van der Waals surface area contributed by atoms with Crippen LogP contribution in [0.2, 0.25) is 0 Å². The molecule has 0 saturated carbocycles. The van der Waals surface area contributed by atoms with Crippen molar-refractivity contribution >= 4 is 34.3 Å². The Morgan fingerprint density at radius 3 is 1.35 bits per heavy atom. The minimum absolute atomic E-state index is 0.0459. The predicted molar refractivity (Wildman–Crippen MR) is 105 cm³/mol. The van der Waals surface area contributed by atoms with Crippen LogP contribution in [0.15, 0.2) is 57.4 Å². The highest BCUT2D eigenvalue weighted by Gasteiger charge is 2.14. The van der Waals surface area contributed by atoms with Crippen molar-refractivity contribution < 1.29 is 8.83 Å². The van der Waals surface area contributed by atoms with Gasteiger partial charge in [0.2, 0.25) is 0 Å². The zero-order chi connectivity index (χ0) is 18.3. The van der Waals surface area contributed by atoms with Crippen molar-refractivity contribution in [1.29, 1.82) is 10.8 Å². The topological polar surface area (TPSA) is 126 Å². The van der Waals surface area contributed by atoms with E-state index in [0.29, 0.717) is 32.8 Å². The van der Waals surface area contributed by atoms with E-state index in [0.717, 1.165) is 9.75 Å². The highest BCUT2D eigenvalue weighted by atomic mass is 32.1. The van der Waals surface area contributed by atoms with Crippen molar-refractivity contribution in [3.63, 3.8) is 0 Å². The Morgan fingerprint density at radius 1 is 0.615 bits per heavy atom. The number of nitrogens with two attached hydrogens (primary N) is 2. The summed E-state index contributed by atoms with van der Waals surface area (Å²) in [5.41, 5.74) is 11.0. The van der Waals surface area contributed by atoms with Crippen LogP contribution in [0.25, 0.3) is 32.8 Å². The van der Waals surface area contributed by atoms with Crippen molar-refractivity contribution in [2.75, 3.05) is 0 Å². The van der Waals surface area contributed by atoms with Crippen LogP contribution in [0.1, 0.15) is 9.75 Å². The molecule has 0 spiro atoms. The van der Waals surface area contributed by atoms with Gasteiger partial charge in [0.15, 0.2) is 11.5 Å². The van der Waals surface area contributed by atoms with E-state index in [1.165, 1.54) is 22.7 Å². The molecule has 4 rings (SSSR count). The number of furan rings is 2. The van der Waals surface area contributed by atoms with Crippen LogP contribution >= 0.6 is 22.7 Å². The predicted octanol–water partition coefficient (Wildman–Crippen LogP) is 4.56. The van der Waals surface area contributed by atoms with E-state index >= 15 is 0 Å². The molecule has 8 heteroatoms. The Balaban J connectivity index is 1.60. The Bertz CT molecular complexity index is 1030. The Kier molecular flexibility index (Phi) is 3.98. The third kappa shape index (κ3) is 2.96. The average molecular weight is 382 g/mol. The Hall–Kier alpha value is -3.10. The quantitative estimate of drug-likeness (QED) is 0.298. The van der Waals surface area contributed by atoms with Crippen LogP contribution in [0.5, 0.6) is 0 Å². The van der Waals surface area contributed by atoms with E-state index in [1.807, 2.05) is 36.4 Å². The molecule has 0 aliphatic heterocycles. The first-order valence-electron chi connectivity index (χ1n) is 7.60. The van der Waals surface area contributed by atoms with Crippen molar-refractivity contribution in [3.8, 4) is 32.8 Å². The van der Waals surface area contributed by atoms with Crippen LogP contribution in [-0.2, 0) is 0 Å². The summed E-state index contributed by atoms with van der Waals surface area (Å²) in [6, 6.07) is 14.8. The molecule has 0 aromatic carbocycles. The van der Waals surface area contributed by atoms with Crippen LogP contribution in [0, 0.1) is 10.8 Å². The second-order valence-corrected chi connectivity index (χ2v) is 7.65. The van der Waals surface area contributed by atoms with E-state index in [4.69, 9.17) is 31.1 Å². The van der Waals surface area contributed by atoms with Crippen molar-refractivity contribution in [1.82, 2.24) is 0 Å². The number of hydrogen-bond acceptors (Lipinski definition) is 6. The van der Waals surface area contributed by atoms with E-state index in [-0.39, 0.29) is 11.7 Å². The van der Waals surface area contributed by atoms with E-state index in [1.54, 1.807) is 12.1 Å². The number of nitrogen functional groups attached to an aromatic ring is 2. The molecule has 6 nitrogen and oxygen atoms in total. The molecule has 4 aromatic heterocycles. The lowest BCUT2D eigenvalue weighted by molar-refractivity contribution is 0.540. The Labute approximate surface area is 156 Å². The van der Waals surface area contributed by atoms with Gasteiger partial charge in [-0.2, -0.15) is 0 Å². The smallest absolute Gasteiger partial charge is 0.170 e. The molecule has 0 amide bonds. The maximum Gasteiger partial charge on any atom is 0.170 e. The summed E-state index contributed by atoms with van der Waals surface area (Å²) in [6.07, 6.45) is 0. The first-order chi connectivity index (χ1) is 12.5. The van der Waals surface area contributed by atoms with Gasteiger partial charge in [-0.05, 0) is 48.5 Å². The van der Waals surface area contributed by atoms with Gasteiger partial charge >= 0.3 is 0 Å². The van der Waals surface area contributed by atoms with Gasteiger partial charge < -0.3 is 20.3 Å². The highest BCUT2D eigenvalue weighted by Crippen LogP contribution is 2.36. The molecular formula is C18H14N4O2S2. The molecule has 0 bridgehead atoms. The number of nitrogens with one attached hydrogen (secondary N) is 2. The fourth-order valence-electron chi connectivity index (χ4n) is 2.44. The average Bonchev–Trinajstić information content (AvgIpc) is 3.40. The molecule has 0 atom stereocenters. The number of thiophene rings is 2. The van der Waals surface area contributed by atoms with Crippen LogP contribution in [0.4, 0.5) is 0 Å². The molecule has 4 aromatic rings. The van der Waals surface area contributed by atoms with Gasteiger partial charge in [0.05, 0.1) is 19.5 Å². The fraction of sp³-hybridized carbons (Fsp3) is 0. The maximum atomic E-state index is 7.49. The molecule has 0 fully saturated rings. The molecule has 0 radical (unpaired) electrons. The van der Waals surface area contributed by atoms with Crippen molar-refractivity contribution in [2.45, 2.75) is 0 Å². The summed E-state index contributed by atoms with van der Waals surface area (Å²) in [5.74, 6) is 2.73. The largest absolute Gasteiger partial charge is 0.452 e. The monoisotopic (exact) mass is 382 g/mol. The number of hydrogen-bond donors (Lipinski definition) is 4. The second-order valence-electron chi connectivity index (χ2n) is 5.48. The molecule has 130 valence electrons. The highest BCUT2D eigenvalue weighted by molar-refractivity contribution is 7.17. The van der Waals surface area contributed by atoms with E-state index in [9.17, 15) is 0 Å². The molecule has 6 N–H and O–H groups in total. The van der Waals surface area contributed by atoms with Gasteiger partial charge in [0.25, 0.3) is 0 Å². The molecule has 0 saturated heterocycles. The molecule has 0 aliphatic rings. The third-order valence-electron chi connectivity index (χ3n) is 3.68. The van der Waals surface area contributed by atoms with E-state index < -0.39 is 0 Å². The number of amidine groups is 2. The van der Waals surface area contributed by atoms with Crippen LogP contribution in [-0.4, -0.2) is 11.7 Å². The lowest BCUT2D eigenvalue weighted by atomic mass is 10.3. The molecular weight excluding hydrogens is 368 g/mol. The van der Waals surface area contributed by atoms with Crippen molar-refractivity contribution in [3.05, 3.63) is 58.3 Å². The zero-order valence-electron chi connectivity index (χ0n) is 13.4. The van der Waals surface area contributed by atoms with Gasteiger partial charge in [0, 0.05) is 0 Å². The standard InChI is InChI=1S/C18H14N4O2S2/c19-17(20)15-7-5-13(25-15)11-3-1-9(23-11)10-2-4-12(24-10)14-6-8-16(26-14)18(21)22/h1-8H,(H3,19,20)(H3,21,22). The SMILES string of the molecule is N=C(N)c1ccc(-c2ccc(-c3ccc(-c4ccc(C(=N)N)s4)o3)o2)s1. The molecule has 0 aliphatic carbocycles. The van der Waals surface area contributed by atoms with Gasteiger partial charge in [-0.15, -0.1) is 22.7 Å². The first kappa shape index (κ1) is 16.4. The fourth-order valence-corrected chi connectivity index (χ4v) is 4.09. The Morgan fingerprint density at radius 2 is 1.00 bits per heavy atom. The summed E-state index contributed by atoms with van der Waals surface area (Å²) < 4.78 is 11.8. The maximum absolute atomic E-state index is 7.49. The van der Waals surface area contributed by atoms with Gasteiger partial charge in [-0.1, -0.05) is 0 Å². The zero-order valence-corrected chi connectivity index (χ0v) is 15.0. The normalized spacial score (nSPS) is 10.9. The first-order valence-corrected chi connectivity index (χ1v) is 9.24. The summed E-state index contributed by atoms with van der Waals surface area (Å²) in [6.45, 7) is 0. The lowest BCUT2D eigenvalue weighted by Crippen LogP contribution is -2.08. The lowest BCUT2D eigenvalue weighted by Gasteiger charge is -1.94. The van der Waals surface area contributed by atoms with E-state index in [2.05, 4.69) is 0 Å². The summed E-state index contributed by atoms with van der Waals surface area (Å²) in [4.78, 5) is 3.21.